The van der Waals surface area contributed by atoms with Crippen molar-refractivity contribution in [3.05, 3.63) is 160 Å². The van der Waals surface area contributed by atoms with Gasteiger partial charge in [0.05, 0.1) is 0 Å². The third-order valence-corrected chi connectivity index (χ3v) is 13.0. The van der Waals surface area contributed by atoms with E-state index in [0.717, 1.165) is 39.6 Å². The molecule has 2 heterocycles. The molecule has 0 unspecified atom stereocenters. The van der Waals surface area contributed by atoms with Crippen LogP contribution in [0.2, 0.25) is 0 Å². The molecule has 0 N–H and O–H groups in total. The van der Waals surface area contributed by atoms with Gasteiger partial charge in [-0.2, -0.15) is 0 Å². The fourth-order valence-corrected chi connectivity index (χ4v) is 9.32. The standard InChI is InChI=1S/C56H65BN2/c1-36-29-49-51-50(30-36)59(46-24-20-19-23-43(46)55(11,12)13)47-28-26-39(56(14,15)37-21-17-16-18-22-37)34-45(47)57(51)44-27-25-38(52(2,3)4)35-48(44)58(49)42-32-40(53(5,6)7)31-41(33-42)54(8,9)10/h16-35H,1-15H3/i1D3. The Morgan fingerprint density at radius 2 is 0.983 bits per heavy atom. The molecule has 6 aromatic carbocycles. The summed E-state index contributed by atoms with van der Waals surface area (Å²) in [6.07, 6.45) is 0. The molecule has 0 saturated heterocycles. The lowest BCUT2D eigenvalue weighted by atomic mass is 9.33. The van der Waals surface area contributed by atoms with Crippen LogP contribution >= 0.6 is 0 Å². The van der Waals surface area contributed by atoms with Gasteiger partial charge in [-0.25, -0.2) is 0 Å². The van der Waals surface area contributed by atoms with E-state index in [2.05, 4.69) is 216 Å². The van der Waals surface area contributed by atoms with Gasteiger partial charge >= 0.3 is 0 Å². The van der Waals surface area contributed by atoms with E-state index in [1.807, 2.05) is 12.1 Å². The normalized spacial score (nSPS) is 15.2. The van der Waals surface area contributed by atoms with Crippen molar-refractivity contribution >= 4 is 57.2 Å². The van der Waals surface area contributed by atoms with Crippen molar-refractivity contribution in [2.75, 3.05) is 9.80 Å². The highest BCUT2D eigenvalue weighted by Crippen LogP contribution is 2.49. The number of fused-ring (bicyclic) bond motifs is 4. The summed E-state index contributed by atoms with van der Waals surface area (Å²) >= 11 is 0. The van der Waals surface area contributed by atoms with Gasteiger partial charge in [0.2, 0.25) is 0 Å². The van der Waals surface area contributed by atoms with Crippen LogP contribution in [0.15, 0.2) is 121 Å². The minimum Gasteiger partial charge on any atom is -0.311 e. The third-order valence-electron chi connectivity index (χ3n) is 13.0. The second kappa shape index (κ2) is 13.8. The summed E-state index contributed by atoms with van der Waals surface area (Å²) in [4.78, 5) is 4.80. The summed E-state index contributed by atoms with van der Waals surface area (Å²) in [5.74, 6) is 0. The fourth-order valence-electron chi connectivity index (χ4n) is 9.32. The Morgan fingerprint density at radius 3 is 1.58 bits per heavy atom. The maximum atomic E-state index is 9.03. The highest BCUT2D eigenvalue weighted by molar-refractivity contribution is 7.00. The van der Waals surface area contributed by atoms with Gasteiger partial charge in [0.25, 0.3) is 6.71 Å². The third kappa shape index (κ3) is 7.03. The summed E-state index contributed by atoms with van der Waals surface area (Å²) in [6.45, 7) is 29.4. The quantitative estimate of drug-likeness (QED) is 0.164. The zero-order valence-electron chi connectivity index (χ0n) is 41.0. The molecule has 0 radical (unpaired) electrons. The monoisotopic (exact) mass is 780 g/mol. The smallest absolute Gasteiger partial charge is 0.252 e. The Morgan fingerprint density at radius 1 is 0.407 bits per heavy atom. The van der Waals surface area contributed by atoms with Gasteiger partial charge in [0, 0.05) is 43.7 Å². The molecule has 302 valence electrons. The molecule has 6 aromatic rings. The second-order valence-electron chi connectivity index (χ2n) is 21.9. The van der Waals surface area contributed by atoms with Gasteiger partial charge in [-0.3, -0.25) is 0 Å². The summed E-state index contributed by atoms with van der Waals surface area (Å²) in [5.41, 5.74) is 16.5. The van der Waals surface area contributed by atoms with Crippen molar-refractivity contribution in [2.45, 2.75) is 131 Å². The van der Waals surface area contributed by atoms with E-state index < -0.39 is 6.85 Å². The van der Waals surface area contributed by atoms with Crippen molar-refractivity contribution in [3.8, 4) is 0 Å². The lowest BCUT2D eigenvalue weighted by molar-refractivity contribution is 0.569. The Kier molecular flexibility index (Phi) is 8.64. The Hall–Kier alpha value is -5.02. The molecule has 2 nitrogen and oxygen atoms in total. The molecule has 3 heteroatoms. The average molecular weight is 780 g/mol. The molecule has 2 aliphatic rings. The number of rotatable bonds is 4. The minimum atomic E-state index is -2.36. The number of nitrogens with zero attached hydrogens (tertiary/aromatic N) is 2. The molecule has 59 heavy (non-hydrogen) atoms. The SMILES string of the molecule is [2H]C([2H])([2H])c1cc2c3c(c1)N(c1ccccc1C(C)(C)C)c1ccc(C(C)(C)c4ccccc4)cc1B3c1ccc(C(C)(C)C)cc1N2c1cc(C(C)(C)C)cc(C(C)(C)C)c1. The van der Waals surface area contributed by atoms with Gasteiger partial charge in [-0.05, 0) is 126 Å². The largest absolute Gasteiger partial charge is 0.311 e. The molecule has 0 aliphatic carbocycles. The number of hydrogen-bond donors (Lipinski definition) is 0. The van der Waals surface area contributed by atoms with E-state index >= 15 is 0 Å². The van der Waals surface area contributed by atoms with Crippen LogP contribution in [-0.4, -0.2) is 6.71 Å². The lowest BCUT2D eigenvalue weighted by Crippen LogP contribution is -2.61. The number of para-hydroxylation sites is 1. The van der Waals surface area contributed by atoms with E-state index in [1.165, 1.54) is 44.3 Å². The van der Waals surface area contributed by atoms with Crippen molar-refractivity contribution in [2.24, 2.45) is 0 Å². The first-order valence-electron chi connectivity index (χ1n) is 23.1. The van der Waals surface area contributed by atoms with Crippen molar-refractivity contribution in [1.82, 2.24) is 0 Å². The van der Waals surface area contributed by atoms with Crippen molar-refractivity contribution in [1.29, 1.82) is 0 Å². The predicted octanol–water partition coefficient (Wildman–Crippen LogP) is 13.6. The number of hydrogen-bond acceptors (Lipinski definition) is 2. The van der Waals surface area contributed by atoms with Crippen LogP contribution in [0.1, 0.15) is 140 Å². The molecular weight excluding hydrogens is 711 g/mol. The number of aryl methyl sites for hydroxylation is 1. The molecule has 0 aromatic heterocycles. The van der Waals surface area contributed by atoms with Crippen LogP contribution in [0.25, 0.3) is 0 Å². The van der Waals surface area contributed by atoms with Gasteiger partial charge in [-0.15, -0.1) is 0 Å². The number of anilines is 6. The zero-order valence-corrected chi connectivity index (χ0v) is 38.0. The highest BCUT2D eigenvalue weighted by atomic mass is 15.2. The van der Waals surface area contributed by atoms with Gasteiger partial charge in [-0.1, -0.05) is 176 Å². The Balaban J connectivity index is 1.56. The van der Waals surface area contributed by atoms with Gasteiger partial charge in [0.1, 0.15) is 0 Å². The van der Waals surface area contributed by atoms with Crippen LogP contribution in [0, 0.1) is 6.85 Å². The van der Waals surface area contributed by atoms with E-state index in [0.29, 0.717) is 5.56 Å². The molecular formula is C56H65BN2. The molecule has 0 atom stereocenters. The predicted molar refractivity (Wildman–Crippen MR) is 259 cm³/mol. The molecule has 0 fully saturated rings. The van der Waals surface area contributed by atoms with Crippen LogP contribution in [0.4, 0.5) is 34.1 Å². The minimum absolute atomic E-state index is 0.124. The summed E-state index contributed by atoms with van der Waals surface area (Å²) in [5, 5.41) is 0. The van der Waals surface area contributed by atoms with Crippen LogP contribution in [0.3, 0.4) is 0 Å². The molecule has 0 bridgehead atoms. The fraction of sp³-hybridized carbons (Fsp3) is 0.357. The molecule has 8 rings (SSSR count). The first-order valence-corrected chi connectivity index (χ1v) is 21.6. The Bertz CT molecular complexity index is 2670. The van der Waals surface area contributed by atoms with E-state index in [1.54, 1.807) is 0 Å². The van der Waals surface area contributed by atoms with Crippen LogP contribution in [0.5, 0.6) is 0 Å². The van der Waals surface area contributed by atoms with Gasteiger partial charge in [0.15, 0.2) is 0 Å². The lowest BCUT2D eigenvalue weighted by Gasteiger charge is -2.46. The highest BCUT2D eigenvalue weighted by Gasteiger charge is 2.45. The van der Waals surface area contributed by atoms with E-state index in [-0.39, 0.29) is 33.8 Å². The van der Waals surface area contributed by atoms with Crippen LogP contribution < -0.4 is 26.2 Å². The first kappa shape index (κ1) is 37.0. The maximum Gasteiger partial charge on any atom is 0.252 e. The second-order valence-corrected chi connectivity index (χ2v) is 21.9. The molecule has 0 spiro atoms. The molecule has 0 amide bonds. The van der Waals surface area contributed by atoms with Gasteiger partial charge < -0.3 is 9.80 Å². The number of benzene rings is 6. The van der Waals surface area contributed by atoms with E-state index in [9.17, 15) is 0 Å². The topological polar surface area (TPSA) is 6.48 Å². The van der Waals surface area contributed by atoms with Crippen molar-refractivity contribution < 1.29 is 4.11 Å². The molecule has 0 saturated carbocycles. The zero-order chi connectivity index (χ0) is 45.1. The van der Waals surface area contributed by atoms with Crippen molar-refractivity contribution in [3.63, 3.8) is 0 Å². The Labute approximate surface area is 361 Å². The maximum absolute atomic E-state index is 9.03. The summed E-state index contributed by atoms with van der Waals surface area (Å²) in [6, 6.07) is 44.7. The summed E-state index contributed by atoms with van der Waals surface area (Å²) in [7, 11) is 0. The van der Waals surface area contributed by atoms with E-state index in [4.69, 9.17) is 4.11 Å². The average Bonchev–Trinajstić information content (AvgIpc) is 3.18. The summed E-state index contributed by atoms with van der Waals surface area (Å²) < 4.78 is 27.1. The molecule has 2 aliphatic heterocycles. The first-order chi connectivity index (χ1) is 28.7. The van der Waals surface area contributed by atoms with Crippen LogP contribution in [-0.2, 0) is 27.1 Å².